The molecule has 0 radical (unpaired) electrons. The highest BCUT2D eigenvalue weighted by atomic mass is 16.5. The van der Waals surface area contributed by atoms with Gasteiger partial charge in [-0.2, -0.15) is 0 Å². The normalized spacial score (nSPS) is 8.40. The molecule has 0 aromatic heterocycles. The first-order valence-corrected chi connectivity index (χ1v) is 2.83. The Hall–Kier alpha value is -1.21. The van der Waals surface area contributed by atoms with Crippen LogP contribution in [0.5, 0.6) is 0 Å². The molecule has 0 atom stereocenters. The van der Waals surface area contributed by atoms with E-state index in [1.54, 1.807) is 6.92 Å². The van der Waals surface area contributed by atoms with Crippen molar-refractivity contribution < 1.29 is 9.53 Å². The summed E-state index contributed by atoms with van der Waals surface area (Å²) in [6.07, 6.45) is 4.91. The van der Waals surface area contributed by atoms with Gasteiger partial charge in [-0.05, 0) is 6.92 Å². The number of hydrogen-bond acceptors (Lipinski definition) is 2. The molecule has 0 saturated heterocycles. The lowest BCUT2D eigenvalue weighted by Gasteiger charge is -2.10. The summed E-state index contributed by atoms with van der Waals surface area (Å²) in [5.74, 6) is 0. The molecule has 0 rings (SSSR count). The Balaban J connectivity index is 3.64. The van der Waals surface area contributed by atoms with Crippen molar-refractivity contribution in [2.75, 3.05) is 13.3 Å². The van der Waals surface area contributed by atoms with Gasteiger partial charge < -0.3 is 10.5 Å². The molecule has 0 unspecified atom stereocenters. The molecule has 0 bridgehead atoms. The molecule has 10 heavy (non-hydrogen) atoms. The number of primary amides is 1. The molecule has 2 N–H and O–H groups in total. The Labute approximate surface area is 59.9 Å². The third kappa shape index (κ3) is 2.95. The van der Waals surface area contributed by atoms with Gasteiger partial charge in [0.1, 0.15) is 6.73 Å². The number of rotatable bonds is 3. The van der Waals surface area contributed by atoms with Crippen LogP contribution < -0.4 is 5.73 Å². The second-order valence-electron chi connectivity index (χ2n) is 1.52. The number of carbonyl (C=O) groups excluding carboxylic acids is 1. The van der Waals surface area contributed by atoms with Crippen molar-refractivity contribution in [3.63, 3.8) is 0 Å². The zero-order valence-electron chi connectivity index (χ0n) is 5.83. The third-order valence-corrected chi connectivity index (χ3v) is 0.846. The summed E-state index contributed by atoms with van der Waals surface area (Å²) in [4.78, 5) is 11.3. The first-order chi connectivity index (χ1) is 4.72. The molecule has 0 aliphatic heterocycles. The summed E-state index contributed by atoms with van der Waals surface area (Å²) in [5, 5.41) is 0. The van der Waals surface area contributed by atoms with E-state index in [4.69, 9.17) is 16.9 Å². The first-order valence-electron chi connectivity index (χ1n) is 2.83. The van der Waals surface area contributed by atoms with Crippen LogP contribution in [0.4, 0.5) is 4.79 Å². The van der Waals surface area contributed by atoms with E-state index in [1.807, 2.05) is 0 Å². The Bertz CT molecular complexity index is 150. The van der Waals surface area contributed by atoms with Gasteiger partial charge in [0.2, 0.25) is 0 Å². The summed E-state index contributed by atoms with van der Waals surface area (Å²) in [6.45, 7) is 2.36. The summed E-state index contributed by atoms with van der Waals surface area (Å²) in [6, 6.07) is 1.40. The van der Waals surface area contributed by atoms with Crippen LogP contribution in [0, 0.1) is 12.5 Å². The Kier molecular flexibility index (Phi) is 4.09. The molecule has 0 aliphatic carbocycles. The van der Waals surface area contributed by atoms with E-state index >= 15 is 0 Å². The van der Waals surface area contributed by atoms with Gasteiger partial charge in [-0.15, -0.1) is 0 Å². The summed E-state index contributed by atoms with van der Waals surface area (Å²) in [7, 11) is 0. The predicted molar refractivity (Wildman–Crippen MR) is 36.7 cm³/mol. The van der Waals surface area contributed by atoms with Gasteiger partial charge in [-0.25, -0.2) is 9.69 Å². The maximum atomic E-state index is 10.4. The number of ether oxygens (including phenoxy) is 1. The Morgan fingerprint density at radius 1 is 1.90 bits per heavy atom. The second kappa shape index (κ2) is 4.65. The highest BCUT2D eigenvalue weighted by Gasteiger charge is 2.03. The molecule has 0 heterocycles. The molecule has 4 nitrogen and oxygen atoms in total. The minimum atomic E-state index is -0.670. The molecule has 0 aliphatic rings. The first kappa shape index (κ1) is 8.79. The summed E-state index contributed by atoms with van der Waals surface area (Å²) < 4.78 is 4.83. The standard InChI is InChI=1S/C6H10N2O2/c1-3-8(6(7)9)5-10-4-2/h1H,4-5H2,2H3,(H2,7,9). The minimum Gasteiger partial charge on any atom is -0.360 e. The SMILES string of the molecule is C#CN(COCC)C(N)=O. The number of nitrogens with two attached hydrogens (primary N) is 1. The molecular formula is C6H10N2O2. The van der Waals surface area contributed by atoms with Crippen LogP contribution in [0.25, 0.3) is 0 Å². The minimum absolute atomic E-state index is 0.0579. The molecule has 2 amide bonds. The number of terminal acetylenes is 1. The van der Waals surface area contributed by atoms with Crippen LogP contribution in [-0.2, 0) is 4.74 Å². The van der Waals surface area contributed by atoms with Crippen LogP contribution in [0.1, 0.15) is 6.92 Å². The van der Waals surface area contributed by atoms with Crippen molar-refractivity contribution in [2.45, 2.75) is 6.92 Å². The van der Waals surface area contributed by atoms with Gasteiger partial charge in [-0.1, -0.05) is 6.42 Å². The number of carbonyl (C=O) groups is 1. The van der Waals surface area contributed by atoms with E-state index in [9.17, 15) is 4.79 Å². The lowest BCUT2D eigenvalue weighted by molar-refractivity contribution is 0.0838. The largest absolute Gasteiger partial charge is 0.360 e. The van der Waals surface area contributed by atoms with Crippen LogP contribution in [0.2, 0.25) is 0 Å². The molecular weight excluding hydrogens is 132 g/mol. The van der Waals surface area contributed by atoms with E-state index < -0.39 is 6.03 Å². The van der Waals surface area contributed by atoms with Gasteiger partial charge in [0.15, 0.2) is 0 Å². The fourth-order valence-corrected chi connectivity index (χ4v) is 0.347. The number of amides is 2. The topological polar surface area (TPSA) is 55.6 Å². The van der Waals surface area contributed by atoms with Crippen molar-refractivity contribution >= 4 is 6.03 Å². The van der Waals surface area contributed by atoms with E-state index in [2.05, 4.69) is 6.04 Å². The lowest BCUT2D eigenvalue weighted by atomic mass is 10.8. The zero-order chi connectivity index (χ0) is 7.98. The number of hydrogen-bond donors (Lipinski definition) is 1. The van der Waals surface area contributed by atoms with Gasteiger partial charge in [0.25, 0.3) is 0 Å². The monoisotopic (exact) mass is 142 g/mol. The van der Waals surface area contributed by atoms with Crippen molar-refractivity contribution in [3.05, 3.63) is 0 Å². The molecule has 4 heteroatoms. The van der Waals surface area contributed by atoms with Gasteiger partial charge in [0, 0.05) is 12.7 Å². The highest BCUT2D eigenvalue weighted by molar-refractivity contribution is 5.73. The molecule has 0 saturated carbocycles. The van der Waals surface area contributed by atoms with E-state index in [-0.39, 0.29) is 6.73 Å². The fraction of sp³-hybridized carbons (Fsp3) is 0.500. The van der Waals surface area contributed by atoms with Gasteiger partial charge >= 0.3 is 6.03 Å². The Morgan fingerprint density at radius 2 is 2.50 bits per heavy atom. The van der Waals surface area contributed by atoms with E-state index in [1.165, 1.54) is 0 Å². The maximum absolute atomic E-state index is 10.4. The van der Waals surface area contributed by atoms with E-state index in [0.29, 0.717) is 6.61 Å². The average molecular weight is 142 g/mol. The zero-order valence-corrected chi connectivity index (χ0v) is 5.83. The number of nitrogens with zero attached hydrogens (tertiary/aromatic N) is 1. The molecule has 56 valence electrons. The van der Waals surface area contributed by atoms with Crippen LogP contribution in [0.3, 0.4) is 0 Å². The van der Waals surface area contributed by atoms with Crippen molar-refractivity contribution in [1.82, 2.24) is 4.90 Å². The quantitative estimate of drug-likeness (QED) is 0.341. The second-order valence-corrected chi connectivity index (χ2v) is 1.52. The molecule has 0 aromatic carbocycles. The molecule has 0 aromatic rings. The smallest absolute Gasteiger partial charge is 0.328 e. The maximum Gasteiger partial charge on any atom is 0.328 e. The molecule has 0 spiro atoms. The fourth-order valence-electron chi connectivity index (χ4n) is 0.347. The van der Waals surface area contributed by atoms with Crippen molar-refractivity contribution in [2.24, 2.45) is 5.73 Å². The number of urea groups is 1. The highest BCUT2D eigenvalue weighted by Crippen LogP contribution is 1.84. The molecule has 0 fully saturated rings. The van der Waals surface area contributed by atoms with Gasteiger partial charge in [0.05, 0.1) is 0 Å². The predicted octanol–water partition coefficient (Wildman–Crippen LogP) is -0.0482. The van der Waals surface area contributed by atoms with Crippen LogP contribution in [-0.4, -0.2) is 24.3 Å². The third-order valence-electron chi connectivity index (χ3n) is 0.846. The van der Waals surface area contributed by atoms with Crippen LogP contribution >= 0.6 is 0 Å². The van der Waals surface area contributed by atoms with Crippen molar-refractivity contribution in [1.29, 1.82) is 0 Å². The summed E-state index contributed by atoms with van der Waals surface area (Å²) in [5.41, 5.74) is 4.85. The van der Waals surface area contributed by atoms with Gasteiger partial charge in [-0.3, -0.25) is 0 Å². The summed E-state index contributed by atoms with van der Waals surface area (Å²) >= 11 is 0. The Morgan fingerprint density at radius 3 is 2.80 bits per heavy atom. The van der Waals surface area contributed by atoms with Crippen molar-refractivity contribution in [3.8, 4) is 12.5 Å². The lowest BCUT2D eigenvalue weighted by Crippen LogP contribution is -2.33. The van der Waals surface area contributed by atoms with Crippen LogP contribution in [0.15, 0.2) is 0 Å². The average Bonchev–Trinajstić information content (AvgIpc) is 1.89. The van der Waals surface area contributed by atoms with E-state index in [0.717, 1.165) is 4.90 Å².